The minimum absolute atomic E-state index is 0.368. The molecule has 0 saturated carbocycles. The fraction of sp³-hybridized carbons (Fsp3) is 0.643. The molecule has 0 bridgehead atoms. The van der Waals surface area contributed by atoms with E-state index in [1.807, 2.05) is 12.3 Å². The zero-order valence-electron chi connectivity index (χ0n) is 11.8. The largest absolute Gasteiger partial charge is 0.374 e. The topological polar surface area (TPSA) is 28.6 Å². The first kappa shape index (κ1) is 15.1. The number of hydrogen-bond acceptors (Lipinski definition) is 4. The van der Waals surface area contributed by atoms with Gasteiger partial charge in [-0.3, -0.25) is 4.90 Å². The number of nitrogens with zero attached hydrogens (tertiary/aromatic N) is 3. The summed E-state index contributed by atoms with van der Waals surface area (Å²) in [5, 5.41) is 0. The number of aryl methyl sites for hydroxylation is 1. The van der Waals surface area contributed by atoms with E-state index in [0.717, 1.165) is 32.0 Å². The highest BCUT2D eigenvalue weighted by Gasteiger charge is 2.17. The van der Waals surface area contributed by atoms with E-state index in [2.05, 4.69) is 27.8 Å². The lowest BCUT2D eigenvalue weighted by atomic mass is 10.2. The quantitative estimate of drug-likeness (QED) is 0.745. The molecule has 0 aliphatic carbocycles. The maximum atomic E-state index is 11.9. The first-order chi connectivity index (χ1) is 9.65. The summed E-state index contributed by atoms with van der Waals surface area (Å²) in [7, 11) is 0. The minimum atomic E-state index is -2.38. The molecule has 1 fully saturated rings. The lowest BCUT2D eigenvalue weighted by Crippen LogP contribution is -2.47. The van der Waals surface area contributed by atoms with Crippen molar-refractivity contribution in [1.82, 2.24) is 9.88 Å². The number of ether oxygens (including phenoxy) is 1. The molecule has 0 N–H and O–H groups in total. The molecule has 2 heterocycles. The highest BCUT2D eigenvalue weighted by Crippen LogP contribution is 2.14. The standard InChI is InChI=1S/C14H21F2N3O/c1-12-2-3-17-14(10-12)19-6-4-18(5-7-19)8-9-20-11-13(15)16/h2-3,10,13H,4-9,11H2,1H3. The fourth-order valence-electron chi connectivity index (χ4n) is 2.26. The summed E-state index contributed by atoms with van der Waals surface area (Å²) in [4.78, 5) is 8.87. The van der Waals surface area contributed by atoms with Gasteiger partial charge in [-0.15, -0.1) is 0 Å². The van der Waals surface area contributed by atoms with Crippen molar-refractivity contribution in [1.29, 1.82) is 0 Å². The Kier molecular flexibility index (Phi) is 5.67. The lowest BCUT2D eigenvalue weighted by molar-refractivity contribution is 0.00938. The van der Waals surface area contributed by atoms with Crippen molar-refractivity contribution in [3.05, 3.63) is 23.9 Å². The van der Waals surface area contributed by atoms with Crippen LogP contribution in [0.1, 0.15) is 5.56 Å². The molecule has 0 unspecified atom stereocenters. The Morgan fingerprint density at radius 3 is 2.70 bits per heavy atom. The summed E-state index contributed by atoms with van der Waals surface area (Å²) in [5.74, 6) is 1.01. The molecule has 1 aromatic heterocycles. The van der Waals surface area contributed by atoms with Gasteiger partial charge in [0.1, 0.15) is 12.4 Å². The number of aromatic nitrogens is 1. The van der Waals surface area contributed by atoms with Gasteiger partial charge in [-0.05, 0) is 24.6 Å². The molecular formula is C14H21F2N3O. The van der Waals surface area contributed by atoms with Crippen molar-refractivity contribution in [2.75, 3.05) is 50.8 Å². The summed E-state index contributed by atoms with van der Waals surface area (Å²) in [5.41, 5.74) is 1.21. The second kappa shape index (κ2) is 7.50. The maximum Gasteiger partial charge on any atom is 0.261 e. The molecule has 2 rings (SSSR count). The van der Waals surface area contributed by atoms with Crippen LogP contribution in [0.25, 0.3) is 0 Å². The zero-order chi connectivity index (χ0) is 14.4. The Hall–Kier alpha value is -1.27. The minimum Gasteiger partial charge on any atom is -0.374 e. The van der Waals surface area contributed by atoms with Crippen molar-refractivity contribution in [2.24, 2.45) is 0 Å². The van der Waals surface area contributed by atoms with E-state index in [9.17, 15) is 8.78 Å². The van der Waals surface area contributed by atoms with E-state index >= 15 is 0 Å². The average molecular weight is 285 g/mol. The second-order valence-corrected chi connectivity index (χ2v) is 4.99. The van der Waals surface area contributed by atoms with Crippen LogP contribution in [0.15, 0.2) is 18.3 Å². The third kappa shape index (κ3) is 4.68. The first-order valence-electron chi connectivity index (χ1n) is 6.91. The molecule has 0 atom stereocenters. The van der Waals surface area contributed by atoms with Crippen LogP contribution < -0.4 is 4.90 Å². The Balaban J connectivity index is 1.70. The van der Waals surface area contributed by atoms with Crippen molar-refractivity contribution >= 4 is 5.82 Å². The summed E-state index contributed by atoms with van der Waals surface area (Å²) in [6, 6.07) is 4.07. The van der Waals surface area contributed by atoms with Crippen molar-refractivity contribution in [3.8, 4) is 0 Å². The number of halogens is 2. The molecule has 1 aromatic rings. The van der Waals surface area contributed by atoms with Crippen molar-refractivity contribution < 1.29 is 13.5 Å². The molecule has 20 heavy (non-hydrogen) atoms. The van der Waals surface area contributed by atoms with Crippen molar-refractivity contribution in [2.45, 2.75) is 13.3 Å². The fourth-order valence-corrected chi connectivity index (χ4v) is 2.26. The highest BCUT2D eigenvalue weighted by atomic mass is 19.3. The van der Waals surface area contributed by atoms with Crippen molar-refractivity contribution in [3.63, 3.8) is 0 Å². The van der Waals surface area contributed by atoms with E-state index in [1.165, 1.54) is 5.56 Å². The Labute approximate surface area is 118 Å². The lowest BCUT2D eigenvalue weighted by Gasteiger charge is -2.35. The zero-order valence-corrected chi connectivity index (χ0v) is 11.8. The molecule has 0 spiro atoms. The van der Waals surface area contributed by atoms with E-state index < -0.39 is 13.0 Å². The van der Waals surface area contributed by atoms with E-state index in [1.54, 1.807) is 0 Å². The highest BCUT2D eigenvalue weighted by molar-refractivity contribution is 5.41. The van der Waals surface area contributed by atoms with Crippen LogP contribution in [0, 0.1) is 6.92 Å². The molecule has 112 valence electrons. The molecule has 6 heteroatoms. The molecule has 1 aliphatic heterocycles. The first-order valence-corrected chi connectivity index (χ1v) is 6.91. The van der Waals surface area contributed by atoms with Gasteiger partial charge in [0.15, 0.2) is 0 Å². The van der Waals surface area contributed by atoms with E-state index in [4.69, 9.17) is 4.74 Å². The number of pyridine rings is 1. The van der Waals surface area contributed by atoms with Gasteiger partial charge in [0.05, 0.1) is 6.61 Å². The van der Waals surface area contributed by atoms with Gasteiger partial charge >= 0.3 is 0 Å². The summed E-state index contributed by atoms with van der Waals surface area (Å²) in [6.07, 6.45) is -0.547. The number of anilines is 1. The Bertz CT molecular complexity index is 409. The summed E-state index contributed by atoms with van der Waals surface area (Å²) < 4.78 is 28.7. The van der Waals surface area contributed by atoms with Gasteiger partial charge in [-0.2, -0.15) is 0 Å². The van der Waals surface area contributed by atoms with Crippen LogP contribution >= 0.6 is 0 Å². The van der Waals surface area contributed by atoms with Gasteiger partial charge in [-0.25, -0.2) is 13.8 Å². The van der Waals surface area contributed by atoms with Gasteiger partial charge < -0.3 is 9.64 Å². The monoisotopic (exact) mass is 285 g/mol. The van der Waals surface area contributed by atoms with Gasteiger partial charge in [-0.1, -0.05) is 0 Å². The number of piperazine rings is 1. The Morgan fingerprint density at radius 1 is 1.30 bits per heavy atom. The van der Waals surface area contributed by atoms with Crippen LogP contribution in [0.2, 0.25) is 0 Å². The summed E-state index contributed by atoms with van der Waals surface area (Å²) >= 11 is 0. The Morgan fingerprint density at radius 2 is 2.05 bits per heavy atom. The molecule has 0 radical (unpaired) electrons. The molecular weight excluding hydrogens is 264 g/mol. The summed E-state index contributed by atoms with van der Waals surface area (Å²) in [6.45, 7) is 6.31. The van der Waals surface area contributed by atoms with Crippen LogP contribution in [-0.2, 0) is 4.74 Å². The SMILES string of the molecule is Cc1ccnc(N2CCN(CCOCC(F)F)CC2)c1. The molecule has 1 aliphatic rings. The number of hydrogen-bond donors (Lipinski definition) is 0. The molecule has 4 nitrogen and oxygen atoms in total. The van der Waals surface area contributed by atoms with Gasteiger partial charge in [0.25, 0.3) is 6.43 Å². The average Bonchev–Trinajstić information content (AvgIpc) is 2.44. The number of rotatable bonds is 6. The third-order valence-electron chi connectivity index (χ3n) is 3.39. The maximum absolute atomic E-state index is 11.9. The normalized spacial score (nSPS) is 16.9. The van der Waals surface area contributed by atoms with Crippen LogP contribution in [0.5, 0.6) is 0 Å². The number of alkyl halides is 2. The van der Waals surface area contributed by atoms with Gasteiger partial charge in [0, 0.05) is 38.9 Å². The van der Waals surface area contributed by atoms with Crippen LogP contribution in [-0.4, -0.2) is 62.2 Å². The van der Waals surface area contributed by atoms with E-state index in [0.29, 0.717) is 13.2 Å². The van der Waals surface area contributed by atoms with E-state index in [-0.39, 0.29) is 0 Å². The van der Waals surface area contributed by atoms with Crippen LogP contribution in [0.4, 0.5) is 14.6 Å². The molecule has 1 saturated heterocycles. The smallest absolute Gasteiger partial charge is 0.261 e. The van der Waals surface area contributed by atoms with Gasteiger partial charge in [0.2, 0.25) is 0 Å². The predicted octanol–water partition coefficient (Wildman–Crippen LogP) is 1.79. The molecule has 0 amide bonds. The van der Waals surface area contributed by atoms with Crippen LogP contribution in [0.3, 0.4) is 0 Å². The predicted molar refractivity (Wildman–Crippen MR) is 74.5 cm³/mol. The molecule has 0 aromatic carbocycles. The second-order valence-electron chi connectivity index (χ2n) is 4.99. The third-order valence-corrected chi connectivity index (χ3v) is 3.39.